The van der Waals surface area contributed by atoms with E-state index in [2.05, 4.69) is 20.8 Å². The number of nitrogens with two attached hydrogens (primary N) is 1. The van der Waals surface area contributed by atoms with Crippen LogP contribution in [0.1, 0.15) is 18.4 Å². The second-order valence-corrected chi connectivity index (χ2v) is 5.78. The summed E-state index contributed by atoms with van der Waals surface area (Å²) in [6, 6.07) is 3.72. The van der Waals surface area contributed by atoms with Crippen LogP contribution >= 0.6 is 15.9 Å². The van der Waals surface area contributed by atoms with Gasteiger partial charge in [0.1, 0.15) is 0 Å². The van der Waals surface area contributed by atoms with E-state index in [9.17, 15) is 4.39 Å². The Labute approximate surface area is 122 Å². The Morgan fingerprint density at radius 1 is 1.53 bits per heavy atom. The molecule has 0 radical (unpaired) electrons. The maximum atomic E-state index is 14.4. The lowest BCUT2D eigenvalue weighted by molar-refractivity contribution is 0.143. The number of benzene rings is 1. The molecule has 1 aliphatic rings. The summed E-state index contributed by atoms with van der Waals surface area (Å²) in [6.07, 6.45) is 2.22. The van der Waals surface area contributed by atoms with Crippen molar-refractivity contribution in [1.29, 1.82) is 0 Å². The number of anilines is 1. The van der Waals surface area contributed by atoms with Gasteiger partial charge in [-0.2, -0.15) is 0 Å². The predicted molar refractivity (Wildman–Crippen MR) is 78.8 cm³/mol. The van der Waals surface area contributed by atoms with Crippen LogP contribution in [0.5, 0.6) is 0 Å². The van der Waals surface area contributed by atoms with Gasteiger partial charge in [0, 0.05) is 26.7 Å². The minimum Gasteiger partial charge on any atom is -0.384 e. The third-order valence-electron chi connectivity index (χ3n) is 3.62. The average molecular weight is 331 g/mol. The zero-order valence-electron chi connectivity index (χ0n) is 11.2. The molecule has 1 aromatic rings. The van der Waals surface area contributed by atoms with E-state index >= 15 is 0 Å². The van der Waals surface area contributed by atoms with Gasteiger partial charge in [-0.1, -0.05) is 6.07 Å². The van der Waals surface area contributed by atoms with E-state index in [1.165, 1.54) is 0 Å². The number of methoxy groups -OCH3 is 1. The topological polar surface area (TPSA) is 38.5 Å². The minimum absolute atomic E-state index is 0.207. The first-order valence-corrected chi connectivity index (χ1v) is 7.37. The molecule has 2 rings (SSSR count). The molecule has 1 saturated heterocycles. The standard InChI is InChI=1S/C14H20BrFN2O/c1-19-9-10-3-2-6-18(8-10)12-5-4-11(7-17)13(15)14(12)16/h4-5,10H,2-3,6-9,17H2,1H3. The van der Waals surface area contributed by atoms with Crippen LogP contribution in [0.25, 0.3) is 0 Å². The van der Waals surface area contributed by atoms with Crippen LogP contribution in [0.4, 0.5) is 10.1 Å². The summed E-state index contributed by atoms with van der Waals surface area (Å²) in [5.41, 5.74) is 7.04. The highest BCUT2D eigenvalue weighted by Gasteiger charge is 2.23. The van der Waals surface area contributed by atoms with Crippen molar-refractivity contribution >= 4 is 21.6 Å². The smallest absolute Gasteiger partial charge is 0.160 e. The molecule has 3 nitrogen and oxygen atoms in total. The Balaban J connectivity index is 2.19. The summed E-state index contributed by atoms with van der Waals surface area (Å²) in [4.78, 5) is 2.10. The van der Waals surface area contributed by atoms with Gasteiger partial charge in [-0.3, -0.25) is 0 Å². The lowest BCUT2D eigenvalue weighted by Crippen LogP contribution is -2.37. The number of hydrogen-bond donors (Lipinski definition) is 1. The lowest BCUT2D eigenvalue weighted by atomic mass is 9.98. The molecule has 106 valence electrons. The van der Waals surface area contributed by atoms with Gasteiger partial charge in [0.2, 0.25) is 0 Å². The van der Waals surface area contributed by atoms with Crippen molar-refractivity contribution in [2.75, 3.05) is 31.7 Å². The van der Waals surface area contributed by atoms with E-state index in [1.807, 2.05) is 12.1 Å². The fraction of sp³-hybridized carbons (Fsp3) is 0.571. The molecule has 1 aromatic carbocycles. The Hall–Kier alpha value is -0.650. The van der Waals surface area contributed by atoms with E-state index in [4.69, 9.17) is 10.5 Å². The third-order valence-corrected chi connectivity index (χ3v) is 4.48. The zero-order valence-corrected chi connectivity index (χ0v) is 12.7. The molecule has 1 heterocycles. The average Bonchev–Trinajstić information content (AvgIpc) is 2.42. The van der Waals surface area contributed by atoms with Crippen molar-refractivity contribution in [1.82, 2.24) is 0 Å². The van der Waals surface area contributed by atoms with Gasteiger partial charge >= 0.3 is 0 Å². The normalized spacial score (nSPS) is 19.8. The number of nitrogens with zero attached hydrogens (tertiary/aromatic N) is 1. The molecule has 2 N–H and O–H groups in total. The Morgan fingerprint density at radius 2 is 2.32 bits per heavy atom. The second kappa shape index (κ2) is 6.68. The third kappa shape index (κ3) is 3.27. The number of hydrogen-bond acceptors (Lipinski definition) is 3. The first-order valence-electron chi connectivity index (χ1n) is 6.58. The molecule has 1 fully saturated rings. The highest BCUT2D eigenvalue weighted by molar-refractivity contribution is 9.10. The maximum absolute atomic E-state index is 14.4. The van der Waals surface area contributed by atoms with Crippen LogP contribution in [0, 0.1) is 11.7 Å². The number of rotatable bonds is 4. The SMILES string of the molecule is COCC1CCCN(c2ccc(CN)c(Br)c2F)C1. The summed E-state index contributed by atoms with van der Waals surface area (Å²) in [7, 11) is 1.71. The molecule has 0 bridgehead atoms. The van der Waals surface area contributed by atoms with Crippen molar-refractivity contribution in [3.05, 3.63) is 28.0 Å². The van der Waals surface area contributed by atoms with E-state index in [-0.39, 0.29) is 5.82 Å². The summed E-state index contributed by atoms with van der Waals surface area (Å²) < 4.78 is 20.1. The Bertz CT molecular complexity index is 440. The molecule has 0 aliphatic carbocycles. The molecular formula is C14H20BrFN2O. The van der Waals surface area contributed by atoms with Gasteiger partial charge in [0.05, 0.1) is 16.8 Å². The fourth-order valence-corrected chi connectivity index (χ4v) is 3.13. The zero-order chi connectivity index (χ0) is 13.8. The molecular weight excluding hydrogens is 311 g/mol. The van der Waals surface area contributed by atoms with Gasteiger partial charge in [0.25, 0.3) is 0 Å². The first-order chi connectivity index (χ1) is 9.17. The van der Waals surface area contributed by atoms with Crippen LogP contribution in [0.2, 0.25) is 0 Å². The maximum Gasteiger partial charge on any atom is 0.160 e. The lowest BCUT2D eigenvalue weighted by Gasteiger charge is -2.34. The van der Waals surface area contributed by atoms with Gasteiger partial charge in [-0.15, -0.1) is 0 Å². The quantitative estimate of drug-likeness (QED) is 0.922. The summed E-state index contributed by atoms with van der Waals surface area (Å²) in [5, 5.41) is 0. The van der Waals surface area contributed by atoms with E-state index < -0.39 is 0 Å². The molecule has 1 aliphatic heterocycles. The second-order valence-electron chi connectivity index (χ2n) is 4.99. The number of piperidine rings is 1. The van der Waals surface area contributed by atoms with Crippen molar-refractivity contribution in [2.45, 2.75) is 19.4 Å². The number of halogens is 2. The Kier molecular flexibility index (Phi) is 5.19. The van der Waals surface area contributed by atoms with Gasteiger partial charge in [-0.25, -0.2) is 4.39 Å². The minimum atomic E-state index is -0.207. The van der Waals surface area contributed by atoms with Crippen molar-refractivity contribution in [3.63, 3.8) is 0 Å². The van der Waals surface area contributed by atoms with Gasteiger partial charge in [0.15, 0.2) is 5.82 Å². The van der Waals surface area contributed by atoms with E-state index in [0.29, 0.717) is 22.6 Å². The monoisotopic (exact) mass is 330 g/mol. The van der Waals surface area contributed by atoms with Gasteiger partial charge in [-0.05, 0) is 46.3 Å². The highest BCUT2D eigenvalue weighted by atomic mass is 79.9. The molecule has 0 amide bonds. The van der Waals surface area contributed by atoms with Crippen LogP contribution in [0.15, 0.2) is 16.6 Å². The molecule has 1 atom stereocenters. The molecule has 1 unspecified atom stereocenters. The van der Waals surface area contributed by atoms with Crippen LogP contribution in [-0.2, 0) is 11.3 Å². The van der Waals surface area contributed by atoms with Gasteiger partial charge < -0.3 is 15.4 Å². The molecule has 19 heavy (non-hydrogen) atoms. The van der Waals surface area contributed by atoms with Crippen LogP contribution < -0.4 is 10.6 Å². The first kappa shape index (κ1) is 14.8. The molecule has 0 spiro atoms. The van der Waals surface area contributed by atoms with Crippen molar-refractivity contribution in [2.24, 2.45) is 11.7 Å². The van der Waals surface area contributed by atoms with E-state index in [1.54, 1.807) is 7.11 Å². The summed E-state index contributed by atoms with van der Waals surface area (Å²) in [6.45, 7) is 2.81. The van der Waals surface area contributed by atoms with Crippen LogP contribution in [-0.4, -0.2) is 26.8 Å². The number of ether oxygens (including phenoxy) is 1. The summed E-state index contributed by atoms with van der Waals surface area (Å²) >= 11 is 3.30. The fourth-order valence-electron chi connectivity index (χ4n) is 2.64. The summed E-state index contributed by atoms with van der Waals surface area (Å²) in [5.74, 6) is 0.270. The molecule has 0 aromatic heterocycles. The molecule has 0 saturated carbocycles. The largest absolute Gasteiger partial charge is 0.384 e. The van der Waals surface area contributed by atoms with Crippen molar-refractivity contribution < 1.29 is 9.13 Å². The van der Waals surface area contributed by atoms with Crippen molar-refractivity contribution in [3.8, 4) is 0 Å². The highest BCUT2D eigenvalue weighted by Crippen LogP contribution is 2.31. The molecule has 5 heteroatoms. The van der Waals surface area contributed by atoms with Crippen LogP contribution in [0.3, 0.4) is 0 Å². The Morgan fingerprint density at radius 3 is 3.00 bits per heavy atom. The predicted octanol–water partition coefficient (Wildman–Crippen LogP) is 2.91. The van der Waals surface area contributed by atoms with E-state index in [0.717, 1.165) is 38.1 Å².